The van der Waals surface area contributed by atoms with Crippen LogP contribution >= 0.6 is 0 Å². The Kier molecular flexibility index (Phi) is 3.08. The lowest BCUT2D eigenvalue weighted by Gasteiger charge is -2.33. The van der Waals surface area contributed by atoms with Crippen molar-refractivity contribution in [3.8, 4) is 17.6 Å². The van der Waals surface area contributed by atoms with Crippen LogP contribution in [0, 0.1) is 18.3 Å². The summed E-state index contributed by atoms with van der Waals surface area (Å²) in [7, 11) is 1.92. The van der Waals surface area contributed by atoms with Crippen LogP contribution in [0.5, 0.6) is 11.5 Å². The maximum absolute atomic E-state index is 9.21. The van der Waals surface area contributed by atoms with Gasteiger partial charge >= 0.3 is 0 Å². The summed E-state index contributed by atoms with van der Waals surface area (Å²) in [5, 5.41) is 9.21. The van der Waals surface area contributed by atoms with Gasteiger partial charge in [0.2, 0.25) is 0 Å². The SMILES string of the molecule is Cc1cc2c(cc1N(C)C(C)(C)C#N)OCCO2. The number of nitriles is 1. The quantitative estimate of drug-likeness (QED) is 0.804. The summed E-state index contributed by atoms with van der Waals surface area (Å²) in [5.41, 5.74) is 1.50. The first-order valence-electron chi connectivity index (χ1n) is 6.01. The topological polar surface area (TPSA) is 45.5 Å². The second kappa shape index (κ2) is 4.41. The summed E-state index contributed by atoms with van der Waals surface area (Å²) in [5.74, 6) is 1.54. The van der Waals surface area contributed by atoms with Gasteiger partial charge in [0.15, 0.2) is 11.5 Å². The number of anilines is 1. The van der Waals surface area contributed by atoms with Crippen molar-refractivity contribution in [2.24, 2.45) is 0 Å². The van der Waals surface area contributed by atoms with E-state index in [1.807, 2.05) is 44.9 Å². The maximum atomic E-state index is 9.21. The third-order valence-electron chi connectivity index (χ3n) is 3.33. The predicted octanol–water partition coefficient (Wildman–Crippen LogP) is 2.50. The third-order valence-corrected chi connectivity index (χ3v) is 3.33. The van der Waals surface area contributed by atoms with E-state index >= 15 is 0 Å². The van der Waals surface area contributed by atoms with E-state index in [1.165, 1.54) is 0 Å². The number of hydrogen-bond donors (Lipinski definition) is 0. The van der Waals surface area contributed by atoms with E-state index in [-0.39, 0.29) is 0 Å². The van der Waals surface area contributed by atoms with Crippen molar-refractivity contribution >= 4 is 5.69 Å². The lowest BCUT2D eigenvalue weighted by Crippen LogP contribution is -2.40. The number of benzene rings is 1. The van der Waals surface area contributed by atoms with E-state index in [4.69, 9.17) is 9.47 Å². The highest BCUT2D eigenvalue weighted by molar-refractivity contribution is 5.63. The highest BCUT2D eigenvalue weighted by Crippen LogP contribution is 2.38. The smallest absolute Gasteiger partial charge is 0.163 e. The predicted molar refractivity (Wildman–Crippen MR) is 70.3 cm³/mol. The van der Waals surface area contributed by atoms with Crippen LogP contribution in [0.25, 0.3) is 0 Å². The highest BCUT2D eigenvalue weighted by atomic mass is 16.6. The molecule has 1 heterocycles. The Hall–Kier alpha value is -1.89. The molecular formula is C14H18N2O2. The molecule has 0 N–H and O–H groups in total. The molecule has 0 fully saturated rings. The van der Waals surface area contributed by atoms with Crippen molar-refractivity contribution in [3.05, 3.63) is 17.7 Å². The van der Waals surface area contributed by atoms with Gasteiger partial charge in [0, 0.05) is 18.8 Å². The number of ether oxygens (including phenoxy) is 2. The fourth-order valence-corrected chi connectivity index (χ4v) is 1.92. The van der Waals surface area contributed by atoms with Gasteiger partial charge in [0.05, 0.1) is 6.07 Å². The van der Waals surface area contributed by atoms with Crippen LogP contribution in [-0.4, -0.2) is 25.8 Å². The molecule has 1 aliphatic rings. The molecule has 0 amide bonds. The second-order valence-electron chi connectivity index (χ2n) is 5.01. The van der Waals surface area contributed by atoms with E-state index in [2.05, 4.69) is 6.07 Å². The van der Waals surface area contributed by atoms with E-state index in [0.29, 0.717) is 13.2 Å². The number of rotatable bonds is 2. The lowest BCUT2D eigenvalue weighted by atomic mass is 10.0. The molecule has 0 atom stereocenters. The Bertz CT molecular complexity index is 503. The van der Waals surface area contributed by atoms with Crippen LogP contribution in [0.15, 0.2) is 12.1 Å². The van der Waals surface area contributed by atoms with Gasteiger partial charge in [-0.15, -0.1) is 0 Å². The first kappa shape index (κ1) is 12.6. The van der Waals surface area contributed by atoms with Crippen molar-refractivity contribution in [2.45, 2.75) is 26.3 Å². The Morgan fingerprint density at radius 3 is 2.33 bits per heavy atom. The van der Waals surface area contributed by atoms with Crippen molar-refractivity contribution in [3.63, 3.8) is 0 Å². The third kappa shape index (κ3) is 2.08. The Morgan fingerprint density at radius 2 is 1.78 bits per heavy atom. The number of hydrogen-bond acceptors (Lipinski definition) is 4. The molecule has 0 spiro atoms. The molecular weight excluding hydrogens is 228 g/mol. The maximum Gasteiger partial charge on any atom is 0.163 e. The molecule has 0 radical (unpaired) electrons. The normalized spacial score (nSPS) is 13.9. The average molecular weight is 246 g/mol. The molecule has 2 rings (SSSR count). The van der Waals surface area contributed by atoms with Crippen molar-refractivity contribution < 1.29 is 9.47 Å². The zero-order valence-corrected chi connectivity index (χ0v) is 11.3. The summed E-state index contributed by atoms with van der Waals surface area (Å²) in [4.78, 5) is 1.96. The number of aryl methyl sites for hydroxylation is 1. The molecule has 0 aromatic heterocycles. The molecule has 0 saturated carbocycles. The minimum Gasteiger partial charge on any atom is -0.486 e. The van der Waals surface area contributed by atoms with E-state index in [0.717, 1.165) is 22.7 Å². The van der Waals surface area contributed by atoms with Crippen LogP contribution in [0.2, 0.25) is 0 Å². The van der Waals surface area contributed by atoms with Gasteiger partial charge < -0.3 is 14.4 Å². The van der Waals surface area contributed by atoms with Crippen LogP contribution in [0.1, 0.15) is 19.4 Å². The van der Waals surface area contributed by atoms with Crippen LogP contribution in [0.3, 0.4) is 0 Å². The van der Waals surface area contributed by atoms with Crippen molar-refractivity contribution in [2.75, 3.05) is 25.2 Å². The molecule has 1 aromatic carbocycles. The Labute approximate surface area is 108 Å². The first-order chi connectivity index (χ1) is 8.45. The molecule has 18 heavy (non-hydrogen) atoms. The van der Waals surface area contributed by atoms with E-state index in [1.54, 1.807) is 0 Å². The fraction of sp³-hybridized carbons (Fsp3) is 0.500. The van der Waals surface area contributed by atoms with E-state index in [9.17, 15) is 5.26 Å². The molecule has 1 aromatic rings. The molecule has 0 saturated heterocycles. The summed E-state index contributed by atoms with van der Waals surface area (Å²) < 4.78 is 11.1. The summed E-state index contributed by atoms with van der Waals surface area (Å²) >= 11 is 0. The zero-order valence-electron chi connectivity index (χ0n) is 11.3. The van der Waals surface area contributed by atoms with Crippen LogP contribution < -0.4 is 14.4 Å². The van der Waals surface area contributed by atoms with E-state index < -0.39 is 5.54 Å². The summed E-state index contributed by atoms with van der Waals surface area (Å²) in [6, 6.07) is 6.21. The van der Waals surface area contributed by atoms with Gasteiger partial charge in [-0.05, 0) is 32.4 Å². The van der Waals surface area contributed by atoms with Gasteiger partial charge in [-0.1, -0.05) is 0 Å². The average Bonchev–Trinajstić information content (AvgIpc) is 2.37. The Morgan fingerprint density at radius 1 is 1.22 bits per heavy atom. The van der Waals surface area contributed by atoms with Crippen molar-refractivity contribution in [1.82, 2.24) is 0 Å². The fourth-order valence-electron chi connectivity index (χ4n) is 1.92. The van der Waals surface area contributed by atoms with Crippen molar-refractivity contribution in [1.29, 1.82) is 5.26 Å². The minimum absolute atomic E-state index is 0.561. The first-order valence-corrected chi connectivity index (χ1v) is 6.01. The minimum atomic E-state index is -0.561. The zero-order chi connectivity index (χ0) is 13.3. The van der Waals surface area contributed by atoms with Gasteiger partial charge in [-0.3, -0.25) is 0 Å². The second-order valence-corrected chi connectivity index (χ2v) is 5.01. The van der Waals surface area contributed by atoms with Gasteiger partial charge in [0.1, 0.15) is 18.8 Å². The highest BCUT2D eigenvalue weighted by Gasteiger charge is 2.26. The molecule has 4 nitrogen and oxygen atoms in total. The summed E-state index contributed by atoms with van der Waals surface area (Å²) in [6.07, 6.45) is 0. The molecule has 0 bridgehead atoms. The van der Waals surface area contributed by atoms with Gasteiger partial charge in [-0.2, -0.15) is 5.26 Å². The van der Waals surface area contributed by atoms with Gasteiger partial charge in [-0.25, -0.2) is 0 Å². The Balaban J connectivity index is 2.43. The lowest BCUT2D eigenvalue weighted by molar-refractivity contribution is 0.171. The number of nitrogens with zero attached hydrogens (tertiary/aromatic N) is 2. The van der Waals surface area contributed by atoms with Crippen LogP contribution in [0.4, 0.5) is 5.69 Å². The molecule has 1 aliphatic heterocycles. The largest absolute Gasteiger partial charge is 0.486 e. The van der Waals surface area contributed by atoms with Gasteiger partial charge in [0.25, 0.3) is 0 Å². The van der Waals surface area contributed by atoms with Crippen LogP contribution in [-0.2, 0) is 0 Å². The standard InChI is InChI=1S/C14H18N2O2/c1-10-7-12-13(18-6-5-17-12)8-11(10)16(4)14(2,3)9-15/h7-8H,5-6H2,1-4H3. The molecule has 0 aliphatic carbocycles. The molecule has 0 unspecified atom stereocenters. The monoisotopic (exact) mass is 246 g/mol. The number of fused-ring (bicyclic) bond motifs is 1. The molecule has 96 valence electrons. The summed E-state index contributed by atoms with van der Waals surface area (Å²) in [6.45, 7) is 6.95. The molecule has 4 heteroatoms.